The molecule has 0 aliphatic heterocycles. The van der Waals surface area contributed by atoms with Crippen LogP contribution >= 0.6 is 0 Å². The topological polar surface area (TPSA) is 97.1 Å². The molecule has 0 amide bonds. The average molecular weight is 1050 g/mol. The lowest BCUT2D eigenvalue weighted by Crippen LogP contribution is -2.06. The molecule has 11 aromatic carbocycles. The second-order valence-electron chi connectivity index (χ2n) is 20.7. The van der Waals surface area contributed by atoms with Gasteiger partial charge >= 0.3 is 0 Å². The fraction of sp³-hybridized carbons (Fsp3) is 0. The van der Waals surface area contributed by atoms with Crippen molar-refractivity contribution in [2.75, 3.05) is 0 Å². The lowest BCUT2D eigenvalue weighted by atomic mass is 10.1. The molecular formula is C72H44N10. The van der Waals surface area contributed by atoms with Crippen molar-refractivity contribution in [1.82, 2.24) is 48.2 Å². The summed E-state index contributed by atoms with van der Waals surface area (Å²) in [4.78, 5) is 31.3. The molecule has 0 bridgehead atoms. The van der Waals surface area contributed by atoms with Gasteiger partial charge in [-0.25, -0.2) is 9.97 Å². The molecule has 0 unspecified atom stereocenters. The van der Waals surface area contributed by atoms with Crippen LogP contribution in [0.3, 0.4) is 0 Å². The second-order valence-corrected chi connectivity index (χ2v) is 20.7. The Hall–Kier alpha value is -11.4. The van der Waals surface area contributed by atoms with Gasteiger partial charge in [-0.15, -0.1) is 0 Å². The minimum Gasteiger partial charge on any atom is -0.309 e. The molecule has 0 fully saturated rings. The number of para-hydroxylation sites is 4. The average Bonchev–Trinajstić information content (AvgIpc) is 2.65. The molecule has 17 rings (SSSR count). The summed E-state index contributed by atoms with van der Waals surface area (Å²) >= 11 is 0. The van der Waals surface area contributed by atoms with E-state index in [1.807, 2.05) is 72.8 Å². The number of hydrogen-bond acceptors (Lipinski definition) is 6. The quantitative estimate of drug-likeness (QED) is 0.150. The van der Waals surface area contributed by atoms with Crippen LogP contribution in [0.15, 0.2) is 267 Å². The van der Waals surface area contributed by atoms with Gasteiger partial charge in [0.05, 0.1) is 44.1 Å². The molecule has 17 aromatic rings. The highest BCUT2D eigenvalue weighted by Gasteiger charge is 2.26. The molecule has 0 N–H and O–H groups in total. The minimum absolute atomic E-state index is 0.547. The van der Waals surface area contributed by atoms with E-state index in [2.05, 4.69) is 212 Å². The van der Waals surface area contributed by atoms with Gasteiger partial charge in [-0.05, 0) is 54.6 Å². The van der Waals surface area contributed by atoms with Crippen LogP contribution in [0.4, 0.5) is 0 Å². The Morgan fingerprint density at radius 3 is 0.988 bits per heavy atom. The molecular weight excluding hydrogens is 1000 g/mol. The molecule has 0 aliphatic rings. The summed E-state index contributed by atoms with van der Waals surface area (Å²) in [6, 6.07) is 93.4. The number of rotatable bonds is 8. The van der Waals surface area contributed by atoms with E-state index in [1.165, 1.54) is 0 Å². The molecule has 6 heterocycles. The van der Waals surface area contributed by atoms with Crippen molar-refractivity contribution in [3.63, 3.8) is 0 Å². The molecule has 10 heteroatoms. The van der Waals surface area contributed by atoms with Crippen molar-refractivity contribution in [3.8, 4) is 68.8 Å². The molecule has 382 valence electrons. The summed E-state index contributed by atoms with van der Waals surface area (Å²) in [7, 11) is 0. The summed E-state index contributed by atoms with van der Waals surface area (Å²) in [5.41, 5.74) is 14.1. The molecule has 82 heavy (non-hydrogen) atoms. The number of benzene rings is 11. The van der Waals surface area contributed by atoms with E-state index in [-0.39, 0.29) is 0 Å². The smallest absolute Gasteiger partial charge is 0.238 e. The summed E-state index contributed by atoms with van der Waals surface area (Å²) in [6.45, 7) is 0. The molecule has 0 saturated carbocycles. The van der Waals surface area contributed by atoms with Gasteiger partial charge in [0.2, 0.25) is 11.9 Å². The van der Waals surface area contributed by atoms with Gasteiger partial charge in [-0.3, -0.25) is 9.13 Å². The van der Waals surface area contributed by atoms with Crippen LogP contribution in [-0.2, 0) is 0 Å². The monoisotopic (exact) mass is 1050 g/mol. The Labute approximate surface area is 468 Å². The van der Waals surface area contributed by atoms with Crippen molar-refractivity contribution in [2.24, 2.45) is 0 Å². The van der Waals surface area contributed by atoms with Crippen molar-refractivity contribution in [3.05, 3.63) is 267 Å². The van der Waals surface area contributed by atoms with Gasteiger partial charge in [-0.2, -0.15) is 19.9 Å². The number of aromatic nitrogens is 10. The SMILES string of the molecule is c1ccc(-c2nc(-c3ccccc3)nc(-n3c4ccccc4c4c3ccc3c5ccccc5n(-c5cccc(-n6c7ccccc7c7c6ccc6c8ccccc8n(-c8nc(-c9ccccc9)nc(-c9ccccc9)n8)c67)c5)c34)n2)cc1. The van der Waals surface area contributed by atoms with Crippen LogP contribution in [0.1, 0.15) is 0 Å². The zero-order valence-corrected chi connectivity index (χ0v) is 43.9. The summed E-state index contributed by atoms with van der Waals surface area (Å²) < 4.78 is 9.33. The Balaban J connectivity index is 0.911. The maximum atomic E-state index is 5.33. The van der Waals surface area contributed by atoms with Crippen molar-refractivity contribution >= 4 is 87.2 Å². The Kier molecular flexibility index (Phi) is 10.1. The van der Waals surface area contributed by atoms with Crippen molar-refractivity contribution < 1.29 is 0 Å². The van der Waals surface area contributed by atoms with Gasteiger partial charge in [-0.1, -0.05) is 212 Å². The Morgan fingerprint density at radius 1 is 0.207 bits per heavy atom. The highest BCUT2D eigenvalue weighted by Crippen LogP contribution is 2.45. The first-order chi connectivity index (χ1) is 40.7. The van der Waals surface area contributed by atoms with Crippen LogP contribution in [0.5, 0.6) is 0 Å². The first-order valence-corrected chi connectivity index (χ1v) is 27.5. The third-order valence-electron chi connectivity index (χ3n) is 16.1. The van der Waals surface area contributed by atoms with Crippen LogP contribution < -0.4 is 0 Å². The zero-order chi connectivity index (χ0) is 53.8. The molecule has 0 atom stereocenters. The third-order valence-corrected chi connectivity index (χ3v) is 16.1. The highest BCUT2D eigenvalue weighted by molar-refractivity contribution is 6.27. The fourth-order valence-electron chi connectivity index (χ4n) is 12.6. The van der Waals surface area contributed by atoms with Crippen LogP contribution in [0.2, 0.25) is 0 Å². The largest absolute Gasteiger partial charge is 0.309 e. The van der Waals surface area contributed by atoms with E-state index < -0.39 is 0 Å². The first kappa shape index (κ1) is 45.6. The highest BCUT2D eigenvalue weighted by atomic mass is 15.2. The molecule has 0 spiro atoms. The lowest BCUT2D eigenvalue weighted by Gasteiger charge is -2.14. The molecule has 0 radical (unpaired) electrons. The number of nitrogens with zero attached hydrogens (tertiary/aromatic N) is 10. The first-order valence-electron chi connectivity index (χ1n) is 27.5. The standard InChI is InChI=1S/C72H44N10/c1-5-22-45(23-6-1)67-73-68(46-24-7-2-8-25-46)76-71(75-67)81-60-39-20-16-35-56(60)64-62(81)43-41-53-51-32-13-17-36-57(51)80(65(53)64)50-31-21-30-49(44-50)79-59-38-19-15-34-55(59)63-61(79)42-40-54-52-33-14-18-37-58(52)82(66(54)63)72-77-69(47-26-9-3-10-27-47)74-70(78-72)48-28-11-4-12-29-48/h1-44H. The van der Waals surface area contributed by atoms with E-state index >= 15 is 0 Å². The van der Waals surface area contributed by atoms with Crippen LogP contribution in [-0.4, -0.2) is 48.2 Å². The van der Waals surface area contributed by atoms with Crippen molar-refractivity contribution in [2.45, 2.75) is 0 Å². The predicted molar refractivity (Wildman–Crippen MR) is 332 cm³/mol. The van der Waals surface area contributed by atoms with Crippen LogP contribution in [0.25, 0.3) is 156 Å². The van der Waals surface area contributed by atoms with Gasteiger partial charge in [0.15, 0.2) is 23.3 Å². The van der Waals surface area contributed by atoms with Crippen LogP contribution in [0, 0.1) is 0 Å². The second kappa shape index (κ2) is 18.1. The van der Waals surface area contributed by atoms with E-state index in [9.17, 15) is 0 Å². The Bertz CT molecular complexity index is 5270. The fourth-order valence-corrected chi connectivity index (χ4v) is 12.6. The third kappa shape index (κ3) is 6.95. The van der Waals surface area contributed by atoms with E-state index in [4.69, 9.17) is 29.9 Å². The van der Waals surface area contributed by atoms with Gasteiger partial charge in [0.1, 0.15) is 0 Å². The molecule has 10 nitrogen and oxygen atoms in total. The molecule has 6 aromatic heterocycles. The number of fused-ring (bicyclic) bond motifs is 14. The Morgan fingerprint density at radius 2 is 0.537 bits per heavy atom. The molecule has 0 aliphatic carbocycles. The minimum atomic E-state index is 0.547. The van der Waals surface area contributed by atoms with E-state index in [1.54, 1.807) is 0 Å². The number of hydrogen-bond donors (Lipinski definition) is 0. The zero-order valence-electron chi connectivity index (χ0n) is 43.9. The van der Waals surface area contributed by atoms with E-state index in [0.717, 1.165) is 121 Å². The van der Waals surface area contributed by atoms with Gasteiger partial charge < -0.3 is 9.13 Å². The maximum Gasteiger partial charge on any atom is 0.238 e. The summed E-state index contributed by atoms with van der Waals surface area (Å²) in [5, 5.41) is 8.97. The lowest BCUT2D eigenvalue weighted by molar-refractivity contribution is 0.953. The van der Waals surface area contributed by atoms with Crippen molar-refractivity contribution in [1.29, 1.82) is 0 Å². The molecule has 0 saturated heterocycles. The maximum absolute atomic E-state index is 5.33. The van der Waals surface area contributed by atoms with Gasteiger partial charge in [0, 0.05) is 76.7 Å². The van der Waals surface area contributed by atoms with E-state index in [0.29, 0.717) is 35.2 Å². The summed E-state index contributed by atoms with van der Waals surface area (Å²) in [5.74, 6) is 3.52. The normalized spacial score (nSPS) is 11.9. The summed E-state index contributed by atoms with van der Waals surface area (Å²) in [6.07, 6.45) is 0. The van der Waals surface area contributed by atoms with Gasteiger partial charge in [0.25, 0.3) is 0 Å². The predicted octanol–water partition coefficient (Wildman–Crippen LogP) is 17.1.